The van der Waals surface area contributed by atoms with Crippen molar-refractivity contribution >= 4 is 35.6 Å². The van der Waals surface area contributed by atoms with E-state index in [-0.39, 0.29) is 24.0 Å². The van der Waals surface area contributed by atoms with Crippen molar-refractivity contribution in [1.29, 1.82) is 0 Å². The molecule has 5 heteroatoms. The van der Waals surface area contributed by atoms with E-state index in [4.69, 9.17) is 5.73 Å². The molecule has 25 heavy (non-hydrogen) atoms. The van der Waals surface area contributed by atoms with Crippen LogP contribution in [0, 0.1) is 6.92 Å². The van der Waals surface area contributed by atoms with Crippen LogP contribution >= 0.6 is 24.0 Å². The number of benzene rings is 2. The molecule has 0 bridgehead atoms. The van der Waals surface area contributed by atoms with Gasteiger partial charge in [-0.25, -0.2) is 0 Å². The van der Waals surface area contributed by atoms with Gasteiger partial charge in [-0.3, -0.25) is 9.89 Å². The van der Waals surface area contributed by atoms with Crippen LogP contribution in [0.15, 0.2) is 53.5 Å². The smallest absolute Gasteiger partial charge is 0.193 e. The molecule has 1 heterocycles. The molecule has 1 unspecified atom stereocenters. The molecule has 4 nitrogen and oxygen atoms in total. The Kier molecular flexibility index (Phi) is 7.25. The van der Waals surface area contributed by atoms with Gasteiger partial charge in [-0.2, -0.15) is 0 Å². The number of guanidine groups is 1. The Balaban J connectivity index is 0.00000225. The van der Waals surface area contributed by atoms with Crippen LogP contribution in [0.2, 0.25) is 0 Å². The molecule has 1 atom stereocenters. The second-order valence-corrected chi connectivity index (χ2v) is 6.50. The number of hydrogen-bond donors (Lipinski definition) is 2. The molecular weight excluding hydrogens is 423 g/mol. The molecule has 0 spiro atoms. The summed E-state index contributed by atoms with van der Waals surface area (Å²) in [6.07, 6.45) is 1.11. The third-order valence-corrected chi connectivity index (χ3v) is 4.72. The highest BCUT2D eigenvalue weighted by molar-refractivity contribution is 14.0. The molecule has 0 amide bonds. The zero-order valence-electron chi connectivity index (χ0n) is 14.9. The van der Waals surface area contributed by atoms with Gasteiger partial charge in [0.15, 0.2) is 5.96 Å². The molecule has 0 aromatic heterocycles. The third kappa shape index (κ3) is 5.19. The standard InChI is InChI=1S/C20H26N4.HI/c1-15-7-3-6-10-19(15)23-20(21)22-13-16(2)24-12-11-17-8-4-5-9-18(17)14-24;/h3-10,16H,11-14H2,1-2H3,(H3,21,22,23);1H. The summed E-state index contributed by atoms with van der Waals surface area (Å²) >= 11 is 0. The number of rotatable bonds is 4. The predicted octanol–water partition coefficient (Wildman–Crippen LogP) is 3.79. The van der Waals surface area contributed by atoms with E-state index in [1.807, 2.05) is 18.2 Å². The zero-order chi connectivity index (χ0) is 16.9. The van der Waals surface area contributed by atoms with Gasteiger partial charge in [0.25, 0.3) is 0 Å². The number of fused-ring (bicyclic) bond motifs is 1. The van der Waals surface area contributed by atoms with Gasteiger partial charge in [0.05, 0.1) is 6.54 Å². The number of halogens is 1. The average Bonchev–Trinajstić information content (AvgIpc) is 2.61. The summed E-state index contributed by atoms with van der Waals surface area (Å²) in [4.78, 5) is 7.01. The van der Waals surface area contributed by atoms with Crippen LogP contribution in [0.5, 0.6) is 0 Å². The van der Waals surface area contributed by atoms with E-state index >= 15 is 0 Å². The lowest BCUT2D eigenvalue weighted by atomic mass is 9.99. The first-order chi connectivity index (χ1) is 11.6. The van der Waals surface area contributed by atoms with Crippen LogP contribution in [-0.4, -0.2) is 30.0 Å². The van der Waals surface area contributed by atoms with E-state index < -0.39 is 0 Å². The fraction of sp³-hybridized carbons (Fsp3) is 0.350. The molecule has 0 saturated heterocycles. The Morgan fingerprint density at radius 1 is 1.16 bits per heavy atom. The van der Waals surface area contributed by atoms with Crippen LogP contribution in [0.25, 0.3) is 0 Å². The monoisotopic (exact) mass is 450 g/mol. The highest BCUT2D eigenvalue weighted by atomic mass is 127. The van der Waals surface area contributed by atoms with Gasteiger partial charge in [-0.15, -0.1) is 24.0 Å². The summed E-state index contributed by atoms with van der Waals surface area (Å²) in [5, 5.41) is 3.19. The first-order valence-corrected chi connectivity index (χ1v) is 8.57. The van der Waals surface area contributed by atoms with Gasteiger partial charge >= 0.3 is 0 Å². The predicted molar refractivity (Wildman–Crippen MR) is 117 cm³/mol. The fourth-order valence-electron chi connectivity index (χ4n) is 3.13. The Morgan fingerprint density at radius 2 is 1.84 bits per heavy atom. The van der Waals surface area contributed by atoms with Gasteiger partial charge in [-0.05, 0) is 43.0 Å². The lowest BCUT2D eigenvalue weighted by Gasteiger charge is -2.33. The summed E-state index contributed by atoms with van der Waals surface area (Å²) in [5.41, 5.74) is 11.1. The van der Waals surface area contributed by atoms with Crippen LogP contribution in [-0.2, 0) is 13.0 Å². The topological polar surface area (TPSA) is 53.6 Å². The molecule has 0 fully saturated rings. The van der Waals surface area contributed by atoms with Gasteiger partial charge in [0.2, 0.25) is 0 Å². The lowest BCUT2D eigenvalue weighted by Crippen LogP contribution is -2.39. The molecule has 2 aromatic carbocycles. The highest BCUT2D eigenvalue weighted by Gasteiger charge is 2.20. The summed E-state index contributed by atoms with van der Waals surface area (Å²) in [6, 6.07) is 17.2. The second kappa shape index (κ2) is 9.20. The summed E-state index contributed by atoms with van der Waals surface area (Å²) < 4.78 is 0. The van der Waals surface area contributed by atoms with E-state index in [0.29, 0.717) is 18.5 Å². The summed E-state index contributed by atoms with van der Waals surface area (Å²) in [6.45, 7) is 7.06. The van der Waals surface area contributed by atoms with E-state index in [1.54, 1.807) is 0 Å². The largest absolute Gasteiger partial charge is 0.370 e. The number of anilines is 1. The lowest BCUT2D eigenvalue weighted by molar-refractivity contribution is 0.195. The van der Waals surface area contributed by atoms with Gasteiger partial charge in [0, 0.05) is 24.8 Å². The van der Waals surface area contributed by atoms with E-state index in [9.17, 15) is 0 Å². The Morgan fingerprint density at radius 3 is 2.60 bits per heavy atom. The van der Waals surface area contributed by atoms with Crippen LogP contribution < -0.4 is 11.1 Å². The van der Waals surface area contributed by atoms with Crippen molar-refractivity contribution in [3.63, 3.8) is 0 Å². The molecular formula is C20H27IN4. The number of nitrogens with two attached hydrogens (primary N) is 1. The van der Waals surface area contributed by atoms with E-state index in [2.05, 4.69) is 59.4 Å². The normalized spacial score (nSPS) is 15.8. The first-order valence-electron chi connectivity index (χ1n) is 8.57. The number of hydrogen-bond acceptors (Lipinski definition) is 2. The van der Waals surface area contributed by atoms with Crippen molar-refractivity contribution < 1.29 is 0 Å². The van der Waals surface area contributed by atoms with Gasteiger partial charge in [-0.1, -0.05) is 42.5 Å². The molecule has 0 saturated carbocycles. The number of para-hydroxylation sites is 1. The van der Waals surface area contributed by atoms with Crippen LogP contribution in [0.4, 0.5) is 5.69 Å². The van der Waals surface area contributed by atoms with Gasteiger partial charge < -0.3 is 11.1 Å². The molecule has 1 aliphatic heterocycles. The quantitative estimate of drug-likeness (QED) is 0.424. The Labute approximate surface area is 167 Å². The minimum absolute atomic E-state index is 0. The molecule has 3 rings (SSSR count). The molecule has 134 valence electrons. The molecule has 0 aliphatic carbocycles. The average molecular weight is 450 g/mol. The van der Waals surface area contributed by atoms with Crippen molar-refractivity contribution in [2.24, 2.45) is 10.7 Å². The van der Waals surface area contributed by atoms with Crippen molar-refractivity contribution in [2.75, 3.05) is 18.4 Å². The second-order valence-electron chi connectivity index (χ2n) is 6.50. The van der Waals surface area contributed by atoms with Crippen molar-refractivity contribution in [3.8, 4) is 0 Å². The zero-order valence-corrected chi connectivity index (χ0v) is 17.2. The first kappa shape index (κ1) is 19.7. The molecule has 0 radical (unpaired) electrons. The van der Waals surface area contributed by atoms with E-state index in [0.717, 1.165) is 30.8 Å². The Bertz CT molecular complexity index is 729. The SMILES string of the molecule is Cc1ccccc1NC(N)=NCC(C)N1CCc2ccccc2C1.I. The minimum atomic E-state index is 0. The third-order valence-electron chi connectivity index (χ3n) is 4.72. The maximum Gasteiger partial charge on any atom is 0.193 e. The molecule has 2 aromatic rings. The molecule has 3 N–H and O–H groups in total. The van der Waals surface area contributed by atoms with E-state index in [1.165, 1.54) is 11.1 Å². The van der Waals surface area contributed by atoms with Gasteiger partial charge in [0.1, 0.15) is 0 Å². The maximum atomic E-state index is 6.05. The Hall–Kier alpha value is -1.60. The number of nitrogens with zero attached hydrogens (tertiary/aromatic N) is 2. The fourth-order valence-corrected chi connectivity index (χ4v) is 3.13. The number of aliphatic imine (C=N–C) groups is 1. The number of nitrogens with one attached hydrogen (secondary N) is 1. The maximum absolute atomic E-state index is 6.05. The summed E-state index contributed by atoms with van der Waals surface area (Å²) in [7, 11) is 0. The van der Waals surface area contributed by atoms with Crippen molar-refractivity contribution in [2.45, 2.75) is 32.9 Å². The van der Waals surface area contributed by atoms with Crippen molar-refractivity contribution in [3.05, 3.63) is 65.2 Å². The summed E-state index contributed by atoms with van der Waals surface area (Å²) in [5.74, 6) is 0.480. The van der Waals surface area contributed by atoms with Crippen LogP contribution in [0.1, 0.15) is 23.6 Å². The van der Waals surface area contributed by atoms with Crippen molar-refractivity contribution in [1.82, 2.24) is 4.90 Å². The van der Waals surface area contributed by atoms with Crippen LogP contribution in [0.3, 0.4) is 0 Å². The number of aryl methyl sites for hydroxylation is 1. The molecule has 1 aliphatic rings. The highest BCUT2D eigenvalue weighted by Crippen LogP contribution is 2.20. The minimum Gasteiger partial charge on any atom is -0.370 e.